The van der Waals surface area contributed by atoms with Gasteiger partial charge in [0.05, 0.1) is 17.6 Å². The molecule has 2 aromatic heterocycles. The summed E-state index contributed by atoms with van der Waals surface area (Å²) in [6.45, 7) is 0. The highest BCUT2D eigenvalue weighted by atomic mass is 16.1. The van der Waals surface area contributed by atoms with Crippen molar-refractivity contribution in [2.45, 2.75) is 0 Å². The van der Waals surface area contributed by atoms with Crippen LogP contribution in [0.4, 0.5) is 0 Å². The second kappa shape index (κ2) is 5.24. The lowest BCUT2D eigenvalue weighted by molar-refractivity contribution is 0.0994. The summed E-state index contributed by atoms with van der Waals surface area (Å²) in [4.78, 5) is 23.2. The quantitative estimate of drug-likeness (QED) is 0.738. The SMILES string of the molecule is Cn1nncc1-c1cccc(-n2nc(C(N)=O)ccc2=O)c1. The van der Waals surface area contributed by atoms with E-state index in [1.54, 1.807) is 36.1 Å². The Balaban J connectivity index is 2.14. The Morgan fingerprint density at radius 2 is 2.05 bits per heavy atom. The molecular formula is C14H12N6O2. The van der Waals surface area contributed by atoms with E-state index in [0.717, 1.165) is 15.9 Å². The molecule has 0 aliphatic carbocycles. The van der Waals surface area contributed by atoms with Crippen molar-refractivity contribution in [3.63, 3.8) is 0 Å². The number of primary amides is 1. The van der Waals surface area contributed by atoms with Crippen LogP contribution in [-0.2, 0) is 7.05 Å². The number of rotatable bonds is 3. The Labute approximate surface area is 124 Å². The lowest BCUT2D eigenvalue weighted by atomic mass is 10.1. The highest BCUT2D eigenvalue weighted by Gasteiger charge is 2.09. The summed E-state index contributed by atoms with van der Waals surface area (Å²) in [6.07, 6.45) is 1.62. The van der Waals surface area contributed by atoms with Crippen LogP contribution in [0, 0.1) is 0 Å². The van der Waals surface area contributed by atoms with Gasteiger partial charge < -0.3 is 5.73 Å². The number of hydrogen-bond acceptors (Lipinski definition) is 5. The zero-order valence-corrected chi connectivity index (χ0v) is 11.7. The topological polar surface area (TPSA) is 109 Å². The number of aryl methyl sites for hydroxylation is 1. The molecule has 0 saturated carbocycles. The predicted octanol–water partition coefficient (Wildman–Crippen LogP) is 0.127. The van der Waals surface area contributed by atoms with E-state index in [1.165, 1.54) is 12.1 Å². The number of hydrogen-bond donors (Lipinski definition) is 1. The van der Waals surface area contributed by atoms with Crippen LogP contribution in [0.3, 0.4) is 0 Å². The molecule has 1 aromatic carbocycles. The van der Waals surface area contributed by atoms with E-state index in [2.05, 4.69) is 15.4 Å². The third-order valence-electron chi connectivity index (χ3n) is 3.15. The minimum Gasteiger partial charge on any atom is -0.364 e. The van der Waals surface area contributed by atoms with Crippen molar-refractivity contribution >= 4 is 5.91 Å². The molecule has 0 bridgehead atoms. The maximum Gasteiger partial charge on any atom is 0.271 e. The Morgan fingerprint density at radius 1 is 1.23 bits per heavy atom. The number of nitrogens with zero attached hydrogens (tertiary/aromatic N) is 5. The minimum absolute atomic E-state index is 0.0206. The van der Waals surface area contributed by atoms with Crippen LogP contribution in [-0.4, -0.2) is 30.7 Å². The molecule has 2 heterocycles. The molecule has 110 valence electrons. The second-order valence-corrected chi connectivity index (χ2v) is 4.63. The van der Waals surface area contributed by atoms with Crippen molar-refractivity contribution in [3.05, 3.63) is 58.6 Å². The lowest BCUT2D eigenvalue weighted by Crippen LogP contribution is -2.25. The van der Waals surface area contributed by atoms with Gasteiger partial charge in [0, 0.05) is 18.7 Å². The van der Waals surface area contributed by atoms with Crippen molar-refractivity contribution in [1.82, 2.24) is 24.8 Å². The van der Waals surface area contributed by atoms with Crippen molar-refractivity contribution in [3.8, 4) is 16.9 Å². The van der Waals surface area contributed by atoms with Gasteiger partial charge >= 0.3 is 0 Å². The molecule has 0 aliphatic rings. The van der Waals surface area contributed by atoms with Gasteiger partial charge in [-0.25, -0.2) is 4.68 Å². The summed E-state index contributed by atoms with van der Waals surface area (Å²) >= 11 is 0. The number of benzene rings is 1. The van der Waals surface area contributed by atoms with Crippen LogP contribution in [0.15, 0.2) is 47.4 Å². The van der Waals surface area contributed by atoms with Crippen molar-refractivity contribution in [1.29, 1.82) is 0 Å². The van der Waals surface area contributed by atoms with E-state index in [1.807, 2.05) is 6.07 Å². The normalized spacial score (nSPS) is 10.6. The number of aromatic nitrogens is 5. The van der Waals surface area contributed by atoms with Crippen molar-refractivity contribution in [2.75, 3.05) is 0 Å². The summed E-state index contributed by atoms with van der Waals surface area (Å²) in [6, 6.07) is 9.68. The highest BCUT2D eigenvalue weighted by molar-refractivity contribution is 5.90. The smallest absolute Gasteiger partial charge is 0.271 e. The van der Waals surface area contributed by atoms with Gasteiger partial charge in [0.1, 0.15) is 5.69 Å². The van der Waals surface area contributed by atoms with E-state index >= 15 is 0 Å². The molecule has 0 aliphatic heterocycles. The second-order valence-electron chi connectivity index (χ2n) is 4.63. The number of carbonyl (C=O) groups is 1. The Morgan fingerprint density at radius 3 is 2.73 bits per heavy atom. The van der Waals surface area contributed by atoms with Gasteiger partial charge in [-0.15, -0.1) is 5.10 Å². The van der Waals surface area contributed by atoms with Gasteiger partial charge in [0.2, 0.25) is 0 Å². The molecule has 0 unspecified atom stereocenters. The standard InChI is InChI=1S/C14H12N6O2/c1-19-12(8-16-18-19)9-3-2-4-10(7-9)20-13(21)6-5-11(17-20)14(15)22/h2-8H,1H3,(H2,15,22). The fourth-order valence-corrected chi connectivity index (χ4v) is 2.08. The molecule has 22 heavy (non-hydrogen) atoms. The van der Waals surface area contributed by atoms with Crippen LogP contribution in [0.25, 0.3) is 16.9 Å². The molecule has 0 fully saturated rings. The summed E-state index contributed by atoms with van der Waals surface area (Å²) in [7, 11) is 1.77. The Kier molecular flexibility index (Phi) is 3.26. The monoisotopic (exact) mass is 296 g/mol. The van der Waals surface area contributed by atoms with Gasteiger partial charge in [0.15, 0.2) is 0 Å². The molecular weight excluding hydrogens is 284 g/mol. The zero-order valence-electron chi connectivity index (χ0n) is 11.7. The summed E-state index contributed by atoms with van der Waals surface area (Å²) in [5.41, 5.74) is 7.00. The zero-order chi connectivity index (χ0) is 15.7. The highest BCUT2D eigenvalue weighted by Crippen LogP contribution is 2.19. The average Bonchev–Trinajstić information content (AvgIpc) is 2.94. The van der Waals surface area contributed by atoms with Crippen LogP contribution in [0.1, 0.15) is 10.5 Å². The molecule has 0 radical (unpaired) electrons. The first-order valence-corrected chi connectivity index (χ1v) is 6.42. The van der Waals surface area contributed by atoms with Gasteiger partial charge in [-0.2, -0.15) is 9.78 Å². The molecule has 1 amide bonds. The van der Waals surface area contributed by atoms with Gasteiger partial charge in [-0.3, -0.25) is 9.59 Å². The molecule has 2 N–H and O–H groups in total. The maximum atomic E-state index is 12.0. The third kappa shape index (κ3) is 2.37. The van der Waals surface area contributed by atoms with Crippen LogP contribution >= 0.6 is 0 Å². The van der Waals surface area contributed by atoms with Gasteiger partial charge in [-0.05, 0) is 18.2 Å². The van der Waals surface area contributed by atoms with E-state index < -0.39 is 5.91 Å². The minimum atomic E-state index is -0.694. The third-order valence-corrected chi connectivity index (χ3v) is 3.15. The molecule has 3 rings (SSSR count). The van der Waals surface area contributed by atoms with Crippen LogP contribution in [0.2, 0.25) is 0 Å². The number of nitrogens with two attached hydrogens (primary N) is 1. The summed E-state index contributed by atoms with van der Waals surface area (Å²) < 4.78 is 2.75. The first-order valence-electron chi connectivity index (χ1n) is 6.42. The summed E-state index contributed by atoms with van der Waals surface area (Å²) in [5, 5.41) is 11.7. The summed E-state index contributed by atoms with van der Waals surface area (Å²) in [5.74, 6) is -0.694. The van der Waals surface area contributed by atoms with Crippen LogP contribution < -0.4 is 11.3 Å². The number of carbonyl (C=O) groups excluding carboxylic acids is 1. The molecule has 0 spiro atoms. The Bertz CT molecular complexity index is 911. The molecule has 0 atom stereocenters. The maximum absolute atomic E-state index is 12.0. The first kappa shape index (κ1) is 13.7. The van der Waals surface area contributed by atoms with E-state index in [9.17, 15) is 9.59 Å². The fourth-order valence-electron chi connectivity index (χ4n) is 2.08. The number of amides is 1. The molecule has 0 saturated heterocycles. The largest absolute Gasteiger partial charge is 0.364 e. The van der Waals surface area contributed by atoms with Crippen LogP contribution in [0.5, 0.6) is 0 Å². The van der Waals surface area contributed by atoms with Gasteiger partial charge in [0.25, 0.3) is 11.5 Å². The van der Waals surface area contributed by atoms with Crippen molar-refractivity contribution < 1.29 is 4.79 Å². The van der Waals surface area contributed by atoms with E-state index in [0.29, 0.717) is 5.69 Å². The van der Waals surface area contributed by atoms with E-state index in [-0.39, 0.29) is 11.3 Å². The van der Waals surface area contributed by atoms with Crippen molar-refractivity contribution in [2.24, 2.45) is 12.8 Å². The molecule has 3 aromatic rings. The predicted molar refractivity (Wildman–Crippen MR) is 78.3 cm³/mol. The molecule has 8 nitrogen and oxygen atoms in total. The lowest BCUT2D eigenvalue weighted by Gasteiger charge is -2.07. The fraction of sp³-hybridized carbons (Fsp3) is 0.0714. The average molecular weight is 296 g/mol. The first-order chi connectivity index (χ1) is 10.6. The Hall–Kier alpha value is -3.29. The van der Waals surface area contributed by atoms with Gasteiger partial charge in [-0.1, -0.05) is 17.3 Å². The molecule has 8 heteroatoms. The van der Waals surface area contributed by atoms with E-state index in [4.69, 9.17) is 5.73 Å².